The van der Waals surface area contributed by atoms with Gasteiger partial charge in [0.05, 0.1) is 0 Å². The minimum Gasteiger partial charge on any atom is -0.502 e. The lowest BCUT2D eigenvalue weighted by Crippen LogP contribution is -2.59. The van der Waals surface area contributed by atoms with Crippen LogP contribution in [0.2, 0.25) is 0 Å². The van der Waals surface area contributed by atoms with E-state index in [1.807, 2.05) is 42.5 Å². The zero-order valence-electron chi connectivity index (χ0n) is 18.9. The Hall–Kier alpha value is -3.79. The van der Waals surface area contributed by atoms with Gasteiger partial charge in [0, 0.05) is 28.5 Å². The molecular weight excluding hydrogens is 488 g/mol. The third kappa shape index (κ3) is 3.47. The van der Waals surface area contributed by atoms with Crippen LogP contribution in [0.3, 0.4) is 0 Å². The highest BCUT2D eigenvalue weighted by Crippen LogP contribution is 2.46. The summed E-state index contributed by atoms with van der Waals surface area (Å²) in [5, 5.41) is 12.4. The van der Waals surface area contributed by atoms with Crippen LogP contribution < -0.4 is 15.2 Å². The Balaban J connectivity index is 1.69. The molecule has 10 heteroatoms. The minimum atomic E-state index is -2.90. The van der Waals surface area contributed by atoms with Crippen LogP contribution in [0.25, 0.3) is 0 Å². The molecule has 1 amide bonds. The first kappa shape index (κ1) is 22.7. The molecule has 2 bridgehead atoms. The minimum absolute atomic E-state index is 0.0409. The lowest BCUT2D eigenvalue weighted by Gasteiger charge is -2.45. The standard InChI is InChI=1S/C26H21F2N3O4S/c27-25(28)17-7-4-12-35-19-8-3-5-15-13-36-20-9-2-1-6-16(20)22(21(15)19)31-14-29(17)26(34)23-24(33)18(32)10-11-30(23)31/h1-11,17,22,25,33H,12-14H2/b7-4+. The molecule has 3 aliphatic heterocycles. The number of fused-ring (bicyclic) bond motifs is 7. The van der Waals surface area contributed by atoms with Crippen LogP contribution >= 0.6 is 11.8 Å². The number of ether oxygens (including phenoxy) is 1. The van der Waals surface area contributed by atoms with Gasteiger partial charge in [-0.05, 0) is 29.3 Å². The third-order valence-corrected chi connectivity index (χ3v) is 7.84. The van der Waals surface area contributed by atoms with Crippen molar-refractivity contribution in [3.05, 3.63) is 99.5 Å². The van der Waals surface area contributed by atoms with Crippen molar-refractivity contribution in [1.82, 2.24) is 9.58 Å². The predicted molar refractivity (Wildman–Crippen MR) is 130 cm³/mol. The summed E-state index contributed by atoms with van der Waals surface area (Å²) in [7, 11) is 0. The van der Waals surface area contributed by atoms with E-state index in [0.29, 0.717) is 11.5 Å². The van der Waals surface area contributed by atoms with Crippen molar-refractivity contribution in [1.29, 1.82) is 0 Å². The molecule has 7 nitrogen and oxygen atoms in total. The summed E-state index contributed by atoms with van der Waals surface area (Å²) in [6.07, 6.45) is 1.23. The fourth-order valence-corrected chi connectivity index (χ4v) is 6.14. The first-order valence-electron chi connectivity index (χ1n) is 11.4. The van der Waals surface area contributed by atoms with Gasteiger partial charge >= 0.3 is 0 Å². The summed E-state index contributed by atoms with van der Waals surface area (Å²) in [5.41, 5.74) is 1.64. The van der Waals surface area contributed by atoms with Gasteiger partial charge in [0.15, 0.2) is 11.4 Å². The highest BCUT2D eigenvalue weighted by atomic mass is 32.2. The summed E-state index contributed by atoms with van der Waals surface area (Å²) in [6, 6.07) is 12.6. The monoisotopic (exact) mass is 509 g/mol. The molecule has 2 aromatic carbocycles. The van der Waals surface area contributed by atoms with Crippen LogP contribution in [0.1, 0.15) is 33.2 Å². The Morgan fingerprint density at radius 2 is 1.92 bits per heavy atom. The van der Waals surface area contributed by atoms with Crippen molar-refractivity contribution < 1.29 is 23.4 Å². The molecule has 0 saturated heterocycles. The molecule has 4 heterocycles. The van der Waals surface area contributed by atoms with Crippen LogP contribution in [-0.4, -0.2) is 46.3 Å². The lowest BCUT2D eigenvalue weighted by atomic mass is 9.93. The van der Waals surface area contributed by atoms with Gasteiger partial charge in [-0.15, -0.1) is 11.8 Å². The van der Waals surface area contributed by atoms with Crippen LogP contribution in [-0.2, 0) is 5.75 Å². The Morgan fingerprint density at radius 1 is 1.08 bits per heavy atom. The summed E-state index contributed by atoms with van der Waals surface area (Å²) in [4.78, 5) is 27.8. The Morgan fingerprint density at radius 3 is 2.75 bits per heavy atom. The molecular formula is C26H21F2N3O4S. The van der Waals surface area contributed by atoms with E-state index in [9.17, 15) is 23.5 Å². The molecule has 3 aromatic rings. The van der Waals surface area contributed by atoms with E-state index < -0.39 is 35.6 Å². The van der Waals surface area contributed by atoms with Crippen molar-refractivity contribution in [2.24, 2.45) is 0 Å². The predicted octanol–water partition coefficient (Wildman–Crippen LogP) is 3.88. The maximum atomic E-state index is 14.3. The highest BCUT2D eigenvalue weighted by Gasteiger charge is 2.43. The number of carbonyl (C=O) groups excluding carboxylic acids is 1. The van der Waals surface area contributed by atoms with Gasteiger partial charge in [0.1, 0.15) is 31.1 Å². The molecule has 1 N–H and O–H groups in total. The molecule has 2 unspecified atom stereocenters. The van der Waals surface area contributed by atoms with Gasteiger partial charge in [0.25, 0.3) is 12.3 Å². The van der Waals surface area contributed by atoms with Crippen molar-refractivity contribution in [3.8, 4) is 11.5 Å². The van der Waals surface area contributed by atoms with Crippen LogP contribution in [0.4, 0.5) is 8.78 Å². The maximum absolute atomic E-state index is 14.3. The van der Waals surface area contributed by atoms with E-state index in [4.69, 9.17) is 4.74 Å². The number of pyridine rings is 1. The highest BCUT2D eigenvalue weighted by molar-refractivity contribution is 7.98. The van der Waals surface area contributed by atoms with Gasteiger partial charge in [-0.3, -0.25) is 19.3 Å². The average molecular weight is 510 g/mol. The number of rotatable bonds is 1. The van der Waals surface area contributed by atoms with E-state index >= 15 is 0 Å². The number of carbonyl (C=O) groups is 1. The number of aromatic nitrogens is 1. The third-order valence-electron chi connectivity index (χ3n) is 6.70. The van der Waals surface area contributed by atoms with E-state index in [1.165, 1.54) is 23.0 Å². The molecule has 0 spiro atoms. The van der Waals surface area contributed by atoms with Crippen LogP contribution in [0.5, 0.6) is 11.5 Å². The summed E-state index contributed by atoms with van der Waals surface area (Å²) in [6.45, 7) is -0.163. The number of thioether (sulfide) groups is 1. The number of hydrogen-bond donors (Lipinski definition) is 1. The second-order valence-corrected chi connectivity index (χ2v) is 9.72. The van der Waals surface area contributed by atoms with Gasteiger partial charge in [-0.25, -0.2) is 8.78 Å². The average Bonchev–Trinajstić information content (AvgIpc) is 3.05. The summed E-state index contributed by atoms with van der Waals surface area (Å²) >= 11 is 1.65. The summed E-state index contributed by atoms with van der Waals surface area (Å²) < 4.78 is 36.0. The molecule has 0 fully saturated rings. The molecule has 0 saturated carbocycles. The largest absolute Gasteiger partial charge is 0.502 e. The number of nitrogens with zero attached hydrogens (tertiary/aromatic N) is 3. The Labute approximate surface area is 209 Å². The maximum Gasteiger partial charge on any atom is 0.278 e. The molecule has 1 aromatic heterocycles. The fraction of sp³-hybridized carbons (Fsp3) is 0.231. The molecule has 36 heavy (non-hydrogen) atoms. The van der Waals surface area contributed by atoms with Crippen LogP contribution in [0.15, 0.2) is 76.6 Å². The number of amides is 1. The van der Waals surface area contributed by atoms with E-state index in [0.717, 1.165) is 32.6 Å². The number of hydrogen-bond acceptors (Lipinski definition) is 6. The Bertz CT molecular complexity index is 1460. The zero-order valence-corrected chi connectivity index (χ0v) is 19.7. The van der Waals surface area contributed by atoms with Crippen molar-refractivity contribution in [3.63, 3.8) is 0 Å². The molecule has 6 rings (SSSR count). The lowest BCUT2D eigenvalue weighted by molar-refractivity contribution is 0.0277. The molecule has 0 radical (unpaired) electrons. The topological polar surface area (TPSA) is 75.0 Å². The first-order valence-corrected chi connectivity index (χ1v) is 12.4. The zero-order chi connectivity index (χ0) is 25.0. The Kier molecular flexibility index (Phi) is 5.48. The number of alkyl halides is 2. The quantitative estimate of drug-likeness (QED) is 0.502. The van der Waals surface area contributed by atoms with Gasteiger partial charge in [-0.1, -0.05) is 36.4 Å². The van der Waals surface area contributed by atoms with Gasteiger partial charge in [-0.2, -0.15) is 0 Å². The normalized spacial score (nSPS) is 21.5. The van der Waals surface area contributed by atoms with E-state index in [2.05, 4.69) is 0 Å². The number of aromatic hydroxyl groups is 1. The number of benzene rings is 2. The molecule has 2 atom stereocenters. The second-order valence-electron chi connectivity index (χ2n) is 8.70. The SMILES string of the molecule is O=C1c2c(O)c(=O)ccn2N2CN1C(C(F)F)/C=C/COc1cccc3c1C2c1ccccc1SC3. The van der Waals surface area contributed by atoms with Gasteiger partial charge < -0.3 is 14.7 Å². The van der Waals surface area contributed by atoms with Crippen molar-refractivity contribution in [2.45, 2.75) is 29.2 Å². The fourth-order valence-electron chi connectivity index (χ4n) is 5.06. The van der Waals surface area contributed by atoms with Crippen LogP contribution in [0, 0.1) is 0 Å². The smallest absolute Gasteiger partial charge is 0.278 e. The molecule has 184 valence electrons. The van der Waals surface area contributed by atoms with Crippen molar-refractivity contribution in [2.75, 3.05) is 18.3 Å². The van der Waals surface area contributed by atoms with Crippen molar-refractivity contribution >= 4 is 17.7 Å². The summed E-state index contributed by atoms with van der Waals surface area (Å²) in [5.74, 6) is -0.356. The molecule has 3 aliphatic rings. The molecule has 0 aliphatic carbocycles. The first-order chi connectivity index (χ1) is 17.5. The van der Waals surface area contributed by atoms with E-state index in [1.54, 1.807) is 16.8 Å². The van der Waals surface area contributed by atoms with Gasteiger partial charge in [0.2, 0.25) is 5.43 Å². The second kappa shape index (κ2) is 8.70. The van der Waals surface area contributed by atoms with E-state index in [-0.39, 0.29) is 19.0 Å². The number of halogens is 2.